The molecule has 0 atom stereocenters. The lowest BCUT2D eigenvalue weighted by Crippen LogP contribution is -2.31. The molecule has 0 saturated carbocycles. The highest BCUT2D eigenvalue weighted by molar-refractivity contribution is 6.08. The Morgan fingerprint density at radius 1 is 1.00 bits per heavy atom. The average Bonchev–Trinajstić information content (AvgIpc) is 2.94. The molecule has 128 valence electrons. The highest BCUT2D eigenvalue weighted by Crippen LogP contribution is 2.36. The van der Waals surface area contributed by atoms with Crippen molar-refractivity contribution >= 4 is 21.9 Å². The van der Waals surface area contributed by atoms with E-state index in [4.69, 9.17) is 4.42 Å². The second-order valence-electron chi connectivity index (χ2n) is 6.81. The minimum absolute atomic E-state index is 0.0466. The molecule has 26 heavy (non-hydrogen) atoms. The third-order valence-electron chi connectivity index (χ3n) is 5.07. The maximum Gasteiger partial charge on any atom is 0.212 e. The van der Waals surface area contributed by atoms with Crippen molar-refractivity contribution in [2.75, 3.05) is 0 Å². The van der Waals surface area contributed by atoms with Gasteiger partial charge in [0.2, 0.25) is 5.69 Å². The van der Waals surface area contributed by atoms with Gasteiger partial charge in [-0.2, -0.15) is 5.26 Å². The van der Waals surface area contributed by atoms with E-state index in [0.29, 0.717) is 11.2 Å². The first kappa shape index (κ1) is 16.3. The van der Waals surface area contributed by atoms with Crippen LogP contribution in [-0.2, 0) is 7.05 Å². The molecule has 2 aromatic heterocycles. The zero-order valence-corrected chi connectivity index (χ0v) is 15.1. The van der Waals surface area contributed by atoms with Crippen LogP contribution in [0.4, 0.5) is 4.39 Å². The second kappa shape index (κ2) is 5.67. The average molecular weight is 345 g/mol. The summed E-state index contributed by atoms with van der Waals surface area (Å²) in [4.78, 5) is 0. The largest absolute Gasteiger partial charge is 0.455 e. The second-order valence-corrected chi connectivity index (χ2v) is 6.81. The molecular formula is C22H18FN2O+. The molecule has 0 N–H and O–H groups in total. The third-order valence-corrected chi connectivity index (χ3v) is 5.07. The van der Waals surface area contributed by atoms with E-state index in [9.17, 15) is 9.65 Å². The van der Waals surface area contributed by atoms with Crippen LogP contribution in [0.1, 0.15) is 22.3 Å². The molecule has 0 radical (unpaired) electrons. The summed E-state index contributed by atoms with van der Waals surface area (Å²) >= 11 is 0. The van der Waals surface area contributed by atoms with Gasteiger partial charge in [-0.25, -0.2) is 8.96 Å². The maximum absolute atomic E-state index is 13.9. The normalized spacial score (nSPS) is 11.2. The lowest BCUT2D eigenvalue weighted by molar-refractivity contribution is -0.660. The van der Waals surface area contributed by atoms with Crippen LogP contribution in [0.15, 0.2) is 40.9 Å². The van der Waals surface area contributed by atoms with Gasteiger partial charge in [-0.3, -0.25) is 0 Å². The van der Waals surface area contributed by atoms with Crippen molar-refractivity contribution in [1.82, 2.24) is 0 Å². The molecule has 0 unspecified atom stereocenters. The van der Waals surface area contributed by atoms with Crippen LogP contribution < -0.4 is 4.57 Å². The van der Waals surface area contributed by atoms with E-state index in [1.54, 1.807) is 6.07 Å². The Labute approximate surface area is 150 Å². The van der Waals surface area contributed by atoms with Crippen molar-refractivity contribution in [3.63, 3.8) is 0 Å². The molecule has 0 fully saturated rings. The van der Waals surface area contributed by atoms with E-state index in [-0.39, 0.29) is 5.56 Å². The summed E-state index contributed by atoms with van der Waals surface area (Å²) in [6, 6.07) is 11.1. The number of furan rings is 1. The fourth-order valence-electron chi connectivity index (χ4n) is 3.49. The van der Waals surface area contributed by atoms with Crippen molar-refractivity contribution in [2.24, 2.45) is 7.05 Å². The molecule has 4 rings (SSSR count). The summed E-state index contributed by atoms with van der Waals surface area (Å²) in [5, 5.41) is 10.9. The first-order chi connectivity index (χ1) is 12.4. The van der Waals surface area contributed by atoms with Gasteiger partial charge in [-0.15, -0.1) is 0 Å². The predicted octanol–water partition coefficient (Wildman–Crippen LogP) is 5.01. The Morgan fingerprint density at radius 2 is 1.77 bits per heavy atom. The molecule has 0 spiro atoms. The fraction of sp³-hybridized carbons (Fsp3) is 0.182. The van der Waals surface area contributed by atoms with E-state index >= 15 is 0 Å². The number of nitrogens with zero attached hydrogens (tertiary/aromatic N) is 2. The maximum atomic E-state index is 13.9. The Hall–Kier alpha value is -3.19. The molecule has 0 aliphatic heterocycles. The highest BCUT2D eigenvalue weighted by Gasteiger charge is 2.19. The Morgan fingerprint density at radius 3 is 2.50 bits per heavy atom. The van der Waals surface area contributed by atoms with Crippen LogP contribution in [0, 0.1) is 37.9 Å². The number of hydrogen-bond acceptors (Lipinski definition) is 2. The van der Waals surface area contributed by atoms with Crippen molar-refractivity contribution in [2.45, 2.75) is 20.8 Å². The van der Waals surface area contributed by atoms with Crippen LogP contribution >= 0.6 is 0 Å². The topological polar surface area (TPSA) is 40.8 Å². The lowest BCUT2D eigenvalue weighted by atomic mass is 9.99. The number of halogens is 1. The number of fused-ring (bicyclic) bond motifs is 3. The molecular weight excluding hydrogens is 327 g/mol. The van der Waals surface area contributed by atoms with Crippen molar-refractivity contribution < 1.29 is 13.4 Å². The monoisotopic (exact) mass is 345 g/mol. The SMILES string of the molecule is Cc1cc(-c2cc3c(cc2C)oc2c(C#N)c(F)ccc23)[n+](C)cc1C. The first-order valence-electron chi connectivity index (χ1n) is 8.43. The van der Waals surface area contributed by atoms with Gasteiger partial charge in [0.05, 0.1) is 0 Å². The van der Waals surface area contributed by atoms with E-state index in [0.717, 1.165) is 27.6 Å². The molecule has 0 bridgehead atoms. The molecule has 0 aliphatic carbocycles. The zero-order valence-electron chi connectivity index (χ0n) is 15.1. The third kappa shape index (κ3) is 2.28. The quantitative estimate of drug-likeness (QED) is 0.455. The molecule has 4 aromatic rings. The number of rotatable bonds is 1. The molecule has 2 heterocycles. The summed E-state index contributed by atoms with van der Waals surface area (Å²) in [6.07, 6.45) is 2.12. The number of benzene rings is 2. The molecule has 0 amide bonds. The fourth-order valence-corrected chi connectivity index (χ4v) is 3.49. The number of pyridine rings is 1. The van der Waals surface area contributed by atoms with Gasteiger partial charge < -0.3 is 4.42 Å². The number of aromatic nitrogens is 1. The molecule has 0 aliphatic rings. The Kier molecular flexibility index (Phi) is 3.55. The van der Waals surface area contributed by atoms with Gasteiger partial charge in [0.25, 0.3) is 0 Å². The first-order valence-corrected chi connectivity index (χ1v) is 8.43. The highest BCUT2D eigenvalue weighted by atomic mass is 19.1. The van der Waals surface area contributed by atoms with E-state index in [2.05, 4.69) is 36.7 Å². The van der Waals surface area contributed by atoms with Gasteiger partial charge in [0.1, 0.15) is 30.1 Å². The molecule has 3 nitrogen and oxygen atoms in total. The molecule has 0 saturated heterocycles. The number of hydrogen-bond donors (Lipinski definition) is 0. The van der Waals surface area contributed by atoms with Gasteiger partial charge in [-0.1, -0.05) is 0 Å². The van der Waals surface area contributed by atoms with Crippen LogP contribution in [0.2, 0.25) is 0 Å². The van der Waals surface area contributed by atoms with E-state index in [1.165, 1.54) is 17.2 Å². The minimum atomic E-state index is -0.559. The number of aryl methyl sites for hydroxylation is 4. The van der Waals surface area contributed by atoms with Crippen LogP contribution in [0.5, 0.6) is 0 Å². The molecule has 2 aromatic carbocycles. The number of nitriles is 1. The van der Waals surface area contributed by atoms with Crippen molar-refractivity contribution in [3.8, 4) is 17.3 Å². The zero-order chi connectivity index (χ0) is 18.6. The van der Waals surface area contributed by atoms with Gasteiger partial charge in [0.15, 0.2) is 11.8 Å². The van der Waals surface area contributed by atoms with E-state index in [1.807, 2.05) is 26.1 Å². The lowest BCUT2D eigenvalue weighted by Gasteiger charge is -2.07. The van der Waals surface area contributed by atoms with Gasteiger partial charge in [0, 0.05) is 28.0 Å². The summed E-state index contributed by atoms with van der Waals surface area (Å²) in [6.45, 7) is 6.22. The summed E-state index contributed by atoms with van der Waals surface area (Å²) in [7, 11) is 2.03. The Bertz CT molecular complexity index is 1250. The predicted molar refractivity (Wildman–Crippen MR) is 99.2 cm³/mol. The van der Waals surface area contributed by atoms with Crippen molar-refractivity contribution in [3.05, 3.63) is 64.6 Å². The minimum Gasteiger partial charge on any atom is -0.455 e. The van der Waals surface area contributed by atoms with Crippen molar-refractivity contribution in [1.29, 1.82) is 5.26 Å². The Balaban J connectivity index is 2.07. The van der Waals surface area contributed by atoms with Crippen LogP contribution in [-0.4, -0.2) is 0 Å². The van der Waals surface area contributed by atoms with Crippen LogP contribution in [0.3, 0.4) is 0 Å². The van der Waals surface area contributed by atoms with Gasteiger partial charge in [-0.05, 0) is 56.2 Å². The molecule has 4 heteroatoms. The summed E-state index contributed by atoms with van der Waals surface area (Å²) < 4.78 is 21.9. The summed E-state index contributed by atoms with van der Waals surface area (Å²) in [5.41, 5.74) is 6.64. The van der Waals surface area contributed by atoms with Crippen LogP contribution in [0.25, 0.3) is 33.2 Å². The smallest absolute Gasteiger partial charge is 0.212 e. The standard InChI is InChI=1S/C22H18FN2O/c1-12-7-20(25(4)11-14(12)3)16-9-17-15-5-6-19(23)18(10-24)22(15)26-21(17)8-13(16)2/h5-9,11H,1-4H3/q+1. The van der Waals surface area contributed by atoms with E-state index < -0.39 is 5.82 Å². The summed E-state index contributed by atoms with van der Waals surface area (Å²) in [5.74, 6) is -0.559. The van der Waals surface area contributed by atoms with Gasteiger partial charge >= 0.3 is 0 Å².